The van der Waals surface area contributed by atoms with Crippen LogP contribution in [0.3, 0.4) is 0 Å². The van der Waals surface area contributed by atoms with Crippen molar-refractivity contribution in [1.82, 2.24) is 5.16 Å². The summed E-state index contributed by atoms with van der Waals surface area (Å²) < 4.78 is 4.95. The highest BCUT2D eigenvalue weighted by atomic mass is 16.5. The molecule has 0 aromatic carbocycles. The molecular formula is C8H13NO2. The van der Waals surface area contributed by atoms with E-state index >= 15 is 0 Å². The fourth-order valence-corrected chi connectivity index (χ4v) is 0.885. The molecule has 1 aromatic rings. The van der Waals surface area contributed by atoms with Crippen molar-refractivity contribution in [3.63, 3.8) is 0 Å². The van der Waals surface area contributed by atoms with E-state index in [-0.39, 0.29) is 6.10 Å². The standard InChI is InChI=1S/C8H13NO2/c1-6-5-8(11-9-6)4-3-7(2)10/h5,7,10H,3-4H2,1-2H3/t7-/m1/s1. The first-order chi connectivity index (χ1) is 5.18. The average Bonchev–Trinajstić information content (AvgIpc) is 2.31. The summed E-state index contributed by atoms with van der Waals surface area (Å²) in [5.41, 5.74) is 0.894. The van der Waals surface area contributed by atoms with Crippen LogP contribution in [0.25, 0.3) is 0 Å². The Balaban J connectivity index is 2.39. The molecule has 11 heavy (non-hydrogen) atoms. The highest BCUT2D eigenvalue weighted by molar-refractivity contribution is 5.02. The second-order valence-corrected chi connectivity index (χ2v) is 2.82. The van der Waals surface area contributed by atoms with Gasteiger partial charge in [0.25, 0.3) is 0 Å². The topological polar surface area (TPSA) is 46.3 Å². The predicted molar refractivity (Wildman–Crippen MR) is 41.2 cm³/mol. The van der Waals surface area contributed by atoms with Crippen molar-refractivity contribution < 1.29 is 9.63 Å². The lowest BCUT2D eigenvalue weighted by Gasteiger charge is -1.98. The van der Waals surface area contributed by atoms with E-state index in [4.69, 9.17) is 9.63 Å². The van der Waals surface area contributed by atoms with Crippen molar-refractivity contribution in [3.8, 4) is 0 Å². The van der Waals surface area contributed by atoms with E-state index < -0.39 is 0 Å². The summed E-state index contributed by atoms with van der Waals surface area (Å²) >= 11 is 0. The second kappa shape index (κ2) is 3.53. The Bertz CT molecular complexity index is 218. The zero-order valence-electron chi connectivity index (χ0n) is 6.87. The Kier molecular flexibility index (Phi) is 2.65. The summed E-state index contributed by atoms with van der Waals surface area (Å²) in [6, 6.07) is 1.89. The highest BCUT2D eigenvalue weighted by Gasteiger charge is 2.02. The van der Waals surface area contributed by atoms with Gasteiger partial charge in [0.2, 0.25) is 0 Å². The van der Waals surface area contributed by atoms with Crippen LogP contribution in [0.5, 0.6) is 0 Å². The molecule has 0 aliphatic carbocycles. The molecule has 0 bridgehead atoms. The maximum Gasteiger partial charge on any atom is 0.137 e. The van der Waals surface area contributed by atoms with Gasteiger partial charge in [0.1, 0.15) is 5.76 Å². The van der Waals surface area contributed by atoms with E-state index in [1.54, 1.807) is 6.92 Å². The Morgan fingerprint density at radius 2 is 2.45 bits per heavy atom. The molecule has 1 atom stereocenters. The molecule has 0 saturated carbocycles. The fraction of sp³-hybridized carbons (Fsp3) is 0.625. The number of nitrogens with zero attached hydrogens (tertiary/aromatic N) is 1. The van der Waals surface area contributed by atoms with E-state index in [9.17, 15) is 0 Å². The number of aryl methyl sites for hydroxylation is 2. The molecule has 0 radical (unpaired) electrons. The smallest absolute Gasteiger partial charge is 0.137 e. The molecule has 0 saturated heterocycles. The van der Waals surface area contributed by atoms with Gasteiger partial charge in [-0.1, -0.05) is 5.16 Å². The maximum atomic E-state index is 8.96. The van der Waals surface area contributed by atoms with Crippen LogP contribution in [0.4, 0.5) is 0 Å². The fourth-order valence-electron chi connectivity index (χ4n) is 0.885. The van der Waals surface area contributed by atoms with Crippen molar-refractivity contribution in [2.45, 2.75) is 32.8 Å². The molecule has 1 heterocycles. The molecule has 0 spiro atoms. The summed E-state index contributed by atoms with van der Waals surface area (Å²) in [4.78, 5) is 0. The number of hydrogen-bond acceptors (Lipinski definition) is 3. The summed E-state index contributed by atoms with van der Waals surface area (Å²) in [5.74, 6) is 0.850. The zero-order chi connectivity index (χ0) is 8.27. The number of rotatable bonds is 3. The number of aliphatic hydroxyl groups is 1. The lowest BCUT2D eigenvalue weighted by atomic mass is 10.2. The van der Waals surface area contributed by atoms with Crippen LogP contribution in [-0.2, 0) is 6.42 Å². The first-order valence-electron chi connectivity index (χ1n) is 3.79. The molecule has 0 aliphatic rings. The minimum atomic E-state index is -0.264. The third-order valence-electron chi connectivity index (χ3n) is 1.49. The van der Waals surface area contributed by atoms with E-state index in [2.05, 4.69) is 5.16 Å². The van der Waals surface area contributed by atoms with Crippen molar-refractivity contribution in [2.24, 2.45) is 0 Å². The van der Waals surface area contributed by atoms with Crippen molar-refractivity contribution in [3.05, 3.63) is 17.5 Å². The molecule has 0 aliphatic heterocycles. The van der Waals surface area contributed by atoms with E-state index in [0.717, 1.165) is 24.3 Å². The SMILES string of the molecule is Cc1cc(CC[C@@H](C)O)on1. The van der Waals surface area contributed by atoms with E-state index in [0.29, 0.717) is 0 Å². The maximum absolute atomic E-state index is 8.96. The van der Waals surface area contributed by atoms with Gasteiger partial charge in [-0.25, -0.2) is 0 Å². The number of aliphatic hydroxyl groups excluding tert-OH is 1. The minimum Gasteiger partial charge on any atom is -0.393 e. The molecule has 0 unspecified atom stereocenters. The van der Waals surface area contributed by atoms with E-state index in [1.807, 2.05) is 13.0 Å². The van der Waals surface area contributed by atoms with E-state index in [1.165, 1.54) is 0 Å². The molecule has 0 fully saturated rings. The van der Waals surface area contributed by atoms with Crippen molar-refractivity contribution >= 4 is 0 Å². The highest BCUT2D eigenvalue weighted by Crippen LogP contribution is 2.06. The van der Waals surface area contributed by atoms with Gasteiger partial charge in [-0.2, -0.15) is 0 Å². The van der Waals surface area contributed by atoms with Gasteiger partial charge < -0.3 is 9.63 Å². The van der Waals surface area contributed by atoms with Crippen LogP contribution in [0, 0.1) is 6.92 Å². The summed E-state index contributed by atoms with van der Waals surface area (Å²) in [6.07, 6.45) is 1.23. The molecule has 1 aromatic heterocycles. The lowest BCUT2D eigenvalue weighted by Crippen LogP contribution is -2.00. The Hall–Kier alpha value is -0.830. The largest absolute Gasteiger partial charge is 0.393 e. The summed E-state index contributed by atoms with van der Waals surface area (Å²) in [6.45, 7) is 3.65. The van der Waals surface area contributed by atoms with Crippen molar-refractivity contribution in [1.29, 1.82) is 0 Å². The van der Waals surface area contributed by atoms with Crippen LogP contribution >= 0.6 is 0 Å². The van der Waals surface area contributed by atoms with Crippen LogP contribution in [0.15, 0.2) is 10.6 Å². The molecule has 0 amide bonds. The van der Waals surface area contributed by atoms with Crippen LogP contribution in [0.1, 0.15) is 24.8 Å². The predicted octanol–water partition coefficient (Wildman–Crippen LogP) is 1.30. The molecular weight excluding hydrogens is 142 g/mol. The molecule has 1 N–H and O–H groups in total. The Labute approximate surface area is 66.0 Å². The van der Waals surface area contributed by atoms with Gasteiger partial charge in [0.05, 0.1) is 11.8 Å². The van der Waals surface area contributed by atoms with Gasteiger partial charge in [0, 0.05) is 12.5 Å². The lowest BCUT2D eigenvalue weighted by molar-refractivity contribution is 0.181. The van der Waals surface area contributed by atoms with Crippen LogP contribution in [0.2, 0.25) is 0 Å². The van der Waals surface area contributed by atoms with Gasteiger partial charge in [-0.3, -0.25) is 0 Å². The third-order valence-corrected chi connectivity index (χ3v) is 1.49. The number of aromatic nitrogens is 1. The summed E-state index contributed by atoms with van der Waals surface area (Å²) in [5, 5.41) is 12.7. The minimum absolute atomic E-state index is 0.264. The third kappa shape index (κ3) is 2.72. The Morgan fingerprint density at radius 1 is 1.73 bits per heavy atom. The summed E-state index contributed by atoms with van der Waals surface area (Å²) in [7, 11) is 0. The van der Waals surface area contributed by atoms with Gasteiger partial charge in [-0.05, 0) is 20.3 Å². The Morgan fingerprint density at radius 3 is 2.91 bits per heavy atom. The quantitative estimate of drug-likeness (QED) is 0.715. The number of hydrogen-bond donors (Lipinski definition) is 1. The van der Waals surface area contributed by atoms with Crippen LogP contribution < -0.4 is 0 Å². The normalized spacial score (nSPS) is 13.4. The van der Waals surface area contributed by atoms with Gasteiger partial charge in [-0.15, -0.1) is 0 Å². The van der Waals surface area contributed by atoms with Gasteiger partial charge >= 0.3 is 0 Å². The molecule has 3 heteroatoms. The van der Waals surface area contributed by atoms with Gasteiger partial charge in [0.15, 0.2) is 0 Å². The first-order valence-corrected chi connectivity index (χ1v) is 3.79. The molecule has 3 nitrogen and oxygen atoms in total. The monoisotopic (exact) mass is 155 g/mol. The van der Waals surface area contributed by atoms with Crippen LogP contribution in [-0.4, -0.2) is 16.4 Å². The zero-order valence-corrected chi connectivity index (χ0v) is 6.87. The first kappa shape index (κ1) is 8.27. The molecule has 1 rings (SSSR count). The molecule has 62 valence electrons. The second-order valence-electron chi connectivity index (χ2n) is 2.82. The van der Waals surface area contributed by atoms with Crippen molar-refractivity contribution in [2.75, 3.05) is 0 Å². The average molecular weight is 155 g/mol.